The summed E-state index contributed by atoms with van der Waals surface area (Å²) in [7, 11) is 0. The minimum absolute atomic E-state index is 0.119. The van der Waals surface area contributed by atoms with Gasteiger partial charge in [0.15, 0.2) is 0 Å². The molecule has 11 heteroatoms. The highest BCUT2D eigenvalue weighted by atomic mass is 35.5. The van der Waals surface area contributed by atoms with Crippen molar-refractivity contribution >= 4 is 17.3 Å². The van der Waals surface area contributed by atoms with Crippen LogP contribution in [-0.4, -0.2) is 15.1 Å². The fourth-order valence-corrected chi connectivity index (χ4v) is 2.49. The van der Waals surface area contributed by atoms with E-state index in [4.69, 9.17) is 20.9 Å². The number of halogens is 4. The maximum absolute atomic E-state index is 12.9. The SMILES string of the molecule is Cc1nc(-c2cccc(Oc3cc(Cl)c(C(F)(F)F)cc3[N+](=O)[O-])c2)no1. The first-order valence-electron chi connectivity index (χ1n) is 7.29. The van der Waals surface area contributed by atoms with Crippen LogP contribution in [0.4, 0.5) is 18.9 Å². The molecule has 0 N–H and O–H groups in total. The molecule has 0 aliphatic rings. The Bertz CT molecular complexity index is 1020. The monoisotopic (exact) mass is 399 g/mol. The van der Waals surface area contributed by atoms with Gasteiger partial charge in [0, 0.05) is 24.6 Å². The van der Waals surface area contributed by atoms with Crippen LogP contribution in [0.25, 0.3) is 11.4 Å². The molecule has 0 spiro atoms. The number of hydrogen-bond acceptors (Lipinski definition) is 6. The summed E-state index contributed by atoms with van der Waals surface area (Å²) in [6.45, 7) is 1.60. The van der Waals surface area contributed by atoms with E-state index in [0.29, 0.717) is 17.5 Å². The normalized spacial score (nSPS) is 11.4. The third-order valence-electron chi connectivity index (χ3n) is 3.40. The lowest BCUT2D eigenvalue weighted by Gasteiger charge is -2.12. The lowest BCUT2D eigenvalue weighted by Crippen LogP contribution is -2.07. The molecule has 0 radical (unpaired) electrons. The Morgan fingerprint density at radius 3 is 2.59 bits per heavy atom. The van der Waals surface area contributed by atoms with E-state index in [0.717, 1.165) is 6.07 Å². The largest absolute Gasteiger partial charge is 0.450 e. The van der Waals surface area contributed by atoms with Gasteiger partial charge in [-0.15, -0.1) is 0 Å². The molecule has 1 aromatic heterocycles. The molecule has 0 atom stereocenters. The number of aromatic nitrogens is 2. The van der Waals surface area contributed by atoms with Gasteiger partial charge in [-0.05, 0) is 12.1 Å². The zero-order chi connectivity index (χ0) is 19.8. The first-order chi connectivity index (χ1) is 12.6. The van der Waals surface area contributed by atoms with Crippen molar-refractivity contribution in [2.45, 2.75) is 13.1 Å². The number of nitro groups is 1. The van der Waals surface area contributed by atoms with Crippen molar-refractivity contribution in [1.82, 2.24) is 10.1 Å². The topological polar surface area (TPSA) is 91.3 Å². The van der Waals surface area contributed by atoms with Crippen LogP contribution in [0.3, 0.4) is 0 Å². The summed E-state index contributed by atoms with van der Waals surface area (Å²) in [4.78, 5) is 14.2. The maximum atomic E-state index is 12.9. The van der Waals surface area contributed by atoms with Gasteiger partial charge in [0.2, 0.25) is 17.5 Å². The number of benzene rings is 2. The summed E-state index contributed by atoms with van der Waals surface area (Å²) in [5.41, 5.74) is -1.70. The molecule has 0 amide bonds. The molecule has 0 aliphatic carbocycles. The fourth-order valence-electron chi connectivity index (χ4n) is 2.23. The third kappa shape index (κ3) is 4.00. The van der Waals surface area contributed by atoms with Crippen LogP contribution < -0.4 is 4.74 Å². The van der Waals surface area contributed by atoms with Gasteiger partial charge >= 0.3 is 11.9 Å². The van der Waals surface area contributed by atoms with Gasteiger partial charge in [-0.3, -0.25) is 10.1 Å². The van der Waals surface area contributed by atoms with Gasteiger partial charge in [0.05, 0.1) is 15.5 Å². The first kappa shape index (κ1) is 18.6. The summed E-state index contributed by atoms with van der Waals surface area (Å²) >= 11 is 5.63. The summed E-state index contributed by atoms with van der Waals surface area (Å²) < 4.78 is 49.0. The summed E-state index contributed by atoms with van der Waals surface area (Å²) in [6.07, 6.45) is -4.84. The van der Waals surface area contributed by atoms with Gasteiger partial charge in [-0.2, -0.15) is 18.2 Å². The number of nitrogens with zero attached hydrogens (tertiary/aromatic N) is 3. The predicted molar refractivity (Wildman–Crippen MR) is 87.7 cm³/mol. The highest BCUT2D eigenvalue weighted by Gasteiger charge is 2.36. The molecule has 2 aromatic carbocycles. The average molecular weight is 400 g/mol. The number of nitro benzene ring substituents is 1. The molecule has 27 heavy (non-hydrogen) atoms. The van der Waals surface area contributed by atoms with Crippen LogP contribution >= 0.6 is 11.6 Å². The molecule has 0 bridgehead atoms. The highest BCUT2D eigenvalue weighted by molar-refractivity contribution is 6.31. The number of ether oxygens (including phenoxy) is 1. The van der Waals surface area contributed by atoms with Crippen LogP contribution in [-0.2, 0) is 6.18 Å². The number of rotatable bonds is 4. The predicted octanol–water partition coefficient (Wildman–Crippen LogP) is 5.42. The zero-order valence-corrected chi connectivity index (χ0v) is 14.2. The molecule has 0 aliphatic heterocycles. The molecule has 0 fully saturated rings. The number of alkyl halides is 3. The summed E-state index contributed by atoms with van der Waals surface area (Å²) in [6, 6.07) is 7.22. The molecule has 3 rings (SSSR count). The second-order valence-corrected chi connectivity index (χ2v) is 5.73. The van der Waals surface area contributed by atoms with Crippen molar-refractivity contribution in [3.63, 3.8) is 0 Å². The molecule has 7 nitrogen and oxygen atoms in total. The van der Waals surface area contributed by atoms with E-state index >= 15 is 0 Å². The van der Waals surface area contributed by atoms with Crippen LogP contribution in [0.2, 0.25) is 5.02 Å². The molecular formula is C16H9ClF3N3O4. The van der Waals surface area contributed by atoms with Crippen molar-refractivity contribution in [2.75, 3.05) is 0 Å². The second kappa shape index (κ2) is 6.88. The second-order valence-electron chi connectivity index (χ2n) is 5.32. The van der Waals surface area contributed by atoms with Crippen molar-refractivity contribution in [3.05, 3.63) is 63.0 Å². The number of hydrogen-bond donors (Lipinski definition) is 0. The Labute approximate surface area is 154 Å². The molecule has 1 heterocycles. The van der Waals surface area contributed by atoms with E-state index in [1.165, 1.54) is 12.1 Å². The van der Waals surface area contributed by atoms with E-state index in [-0.39, 0.29) is 11.6 Å². The van der Waals surface area contributed by atoms with Gasteiger partial charge in [-0.25, -0.2) is 0 Å². The van der Waals surface area contributed by atoms with Crippen LogP contribution in [0.1, 0.15) is 11.5 Å². The standard InChI is InChI=1S/C16H9ClF3N3O4/c1-8-21-15(22-27-8)9-3-2-4-10(5-9)26-14-7-12(17)11(16(18,19)20)6-13(14)23(24)25/h2-7H,1H3. The van der Waals surface area contributed by atoms with E-state index in [1.54, 1.807) is 19.1 Å². The smallest absolute Gasteiger partial charge is 0.418 e. The first-order valence-corrected chi connectivity index (χ1v) is 7.66. The molecule has 0 saturated heterocycles. The zero-order valence-electron chi connectivity index (χ0n) is 13.5. The summed E-state index contributed by atoms with van der Waals surface area (Å²) in [5, 5.41) is 14.2. The van der Waals surface area contributed by atoms with E-state index < -0.39 is 33.1 Å². The lowest BCUT2D eigenvalue weighted by molar-refractivity contribution is -0.385. The number of aryl methyl sites for hydroxylation is 1. The Morgan fingerprint density at radius 2 is 2.00 bits per heavy atom. The van der Waals surface area contributed by atoms with E-state index in [9.17, 15) is 23.3 Å². The van der Waals surface area contributed by atoms with Crippen molar-refractivity contribution in [1.29, 1.82) is 0 Å². The third-order valence-corrected chi connectivity index (χ3v) is 3.71. The summed E-state index contributed by atoms with van der Waals surface area (Å²) in [5.74, 6) is 0.285. The van der Waals surface area contributed by atoms with Crippen LogP contribution in [0, 0.1) is 17.0 Å². The Kier molecular flexibility index (Phi) is 4.75. The van der Waals surface area contributed by atoms with Crippen LogP contribution in [0.5, 0.6) is 11.5 Å². The van der Waals surface area contributed by atoms with Gasteiger partial charge < -0.3 is 9.26 Å². The quantitative estimate of drug-likeness (QED) is 0.430. The minimum Gasteiger partial charge on any atom is -0.450 e. The average Bonchev–Trinajstić information content (AvgIpc) is 3.00. The van der Waals surface area contributed by atoms with Gasteiger partial charge in [-0.1, -0.05) is 28.9 Å². The molecule has 3 aromatic rings. The Balaban J connectivity index is 2.00. The molecule has 0 unspecified atom stereocenters. The lowest BCUT2D eigenvalue weighted by atomic mass is 10.1. The van der Waals surface area contributed by atoms with Crippen molar-refractivity contribution in [2.24, 2.45) is 0 Å². The Hall–Kier alpha value is -3.14. The fraction of sp³-hybridized carbons (Fsp3) is 0.125. The minimum atomic E-state index is -4.84. The van der Waals surface area contributed by atoms with Crippen molar-refractivity contribution in [3.8, 4) is 22.9 Å². The maximum Gasteiger partial charge on any atom is 0.418 e. The van der Waals surface area contributed by atoms with Crippen molar-refractivity contribution < 1.29 is 27.4 Å². The van der Waals surface area contributed by atoms with E-state index in [2.05, 4.69) is 10.1 Å². The molecule has 0 saturated carbocycles. The van der Waals surface area contributed by atoms with Crippen LogP contribution in [0.15, 0.2) is 40.9 Å². The molecule has 140 valence electrons. The highest BCUT2D eigenvalue weighted by Crippen LogP contribution is 2.42. The van der Waals surface area contributed by atoms with Gasteiger partial charge in [0.1, 0.15) is 5.75 Å². The molecular weight excluding hydrogens is 391 g/mol. The Morgan fingerprint density at radius 1 is 1.26 bits per heavy atom. The van der Waals surface area contributed by atoms with Gasteiger partial charge in [0.25, 0.3) is 0 Å². The van der Waals surface area contributed by atoms with E-state index in [1.807, 2.05) is 0 Å².